The highest BCUT2D eigenvalue weighted by molar-refractivity contribution is 5.79. The monoisotopic (exact) mass is 182 g/mol. The third-order valence-corrected chi connectivity index (χ3v) is 3.26. The summed E-state index contributed by atoms with van der Waals surface area (Å²) >= 11 is 0. The predicted molar refractivity (Wildman–Crippen MR) is 50.6 cm³/mol. The minimum absolute atomic E-state index is 0.254. The molecule has 1 atom stereocenters. The number of ketones is 1. The van der Waals surface area contributed by atoms with Crippen LogP contribution in [0, 0.1) is 5.92 Å². The third-order valence-electron chi connectivity index (χ3n) is 3.26. The maximum Gasteiger partial charge on any atom is 0.137 e. The Kier molecular flexibility index (Phi) is 2.99. The average Bonchev–Trinajstić information content (AvgIpc) is 2.57. The Hall–Kier alpha value is -0.370. The molecule has 74 valence electrons. The highest BCUT2D eigenvalue weighted by Crippen LogP contribution is 2.30. The molecule has 1 aliphatic carbocycles. The lowest BCUT2D eigenvalue weighted by Crippen LogP contribution is -2.27. The summed E-state index contributed by atoms with van der Waals surface area (Å²) in [5, 5.41) is 0. The van der Waals surface area contributed by atoms with Crippen molar-refractivity contribution in [3.8, 4) is 0 Å². The van der Waals surface area contributed by atoms with E-state index in [1.165, 1.54) is 25.7 Å². The van der Waals surface area contributed by atoms with Crippen LogP contribution in [-0.2, 0) is 9.53 Å². The summed E-state index contributed by atoms with van der Waals surface area (Å²) in [6.45, 7) is 0.663. The largest absolute Gasteiger partial charge is 0.377 e. The first-order valence-corrected chi connectivity index (χ1v) is 5.48. The molecule has 2 aliphatic rings. The molecule has 1 unspecified atom stereocenters. The second-order valence-electron chi connectivity index (χ2n) is 4.37. The van der Waals surface area contributed by atoms with Gasteiger partial charge in [-0.1, -0.05) is 25.7 Å². The van der Waals surface area contributed by atoms with Crippen molar-refractivity contribution in [1.29, 1.82) is 0 Å². The van der Waals surface area contributed by atoms with Gasteiger partial charge in [-0.05, 0) is 12.3 Å². The molecule has 0 spiro atoms. The lowest BCUT2D eigenvalue weighted by atomic mass is 9.95. The number of Topliss-reactive ketones (excluding diaryl/α,β-unsaturated/α-hetero) is 1. The highest BCUT2D eigenvalue weighted by Gasteiger charge is 2.25. The van der Waals surface area contributed by atoms with E-state index in [4.69, 9.17) is 4.74 Å². The molecule has 13 heavy (non-hydrogen) atoms. The molecule has 2 nitrogen and oxygen atoms in total. The Morgan fingerprint density at radius 2 is 2.08 bits per heavy atom. The molecular weight excluding hydrogens is 164 g/mol. The van der Waals surface area contributed by atoms with Crippen LogP contribution in [0.25, 0.3) is 0 Å². The van der Waals surface area contributed by atoms with Crippen LogP contribution in [0.2, 0.25) is 0 Å². The number of ether oxygens (including phenoxy) is 1. The van der Waals surface area contributed by atoms with Crippen LogP contribution in [0.4, 0.5) is 0 Å². The molecule has 0 radical (unpaired) electrons. The van der Waals surface area contributed by atoms with Crippen molar-refractivity contribution in [2.75, 3.05) is 6.61 Å². The summed E-state index contributed by atoms with van der Waals surface area (Å²) in [6, 6.07) is 0. The Balaban J connectivity index is 1.76. The average molecular weight is 182 g/mol. The summed E-state index contributed by atoms with van der Waals surface area (Å²) in [6.07, 6.45) is 8.17. The summed E-state index contributed by atoms with van der Waals surface area (Å²) in [5.74, 6) is 1.24. The van der Waals surface area contributed by atoms with E-state index in [0.29, 0.717) is 25.2 Å². The van der Waals surface area contributed by atoms with Crippen LogP contribution < -0.4 is 0 Å². The highest BCUT2D eigenvalue weighted by atomic mass is 16.5. The molecule has 0 aromatic rings. The van der Waals surface area contributed by atoms with Crippen LogP contribution in [0.15, 0.2) is 0 Å². The van der Waals surface area contributed by atoms with Gasteiger partial charge in [-0.25, -0.2) is 0 Å². The molecule has 0 aromatic heterocycles. The lowest BCUT2D eigenvalue weighted by Gasteiger charge is -2.24. The minimum Gasteiger partial charge on any atom is -0.377 e. The van der Waals surface area contributed by atoms with Crippen molar-refractivity contribution in [3.63, 3.8) is 0 Å². The predicted octanol–water partition coefficient (Wildman–Crippen LogP) is 2.31. The number of hydrogen-bond donors (Lipinski definition) is 0. The molecule has 0 aromatic carbocycles. The van der Waals surface area contributed by atoms with Crippen LogP contribution in [-0.4, -0.2) is 18.5 Å². The van der Waals surface area contributed by atoms with Gasteiger partial charge in [0.15, 0.2) is 0 Å². The SMILES string of the molecule is O=C1CCOC(CC2CCCC2)C1. The van der Waals surface area contributed by atoms with Crippen molar-refractivity contribution in [2.24, 2.45) is 5.92 Å². The third kappa shape index (κ3) is 2.53. The molecular formula is C11H18O2. The van der Waals surface area contributed by atoms with Gasteiger partial charge in [-0.15, -0.1) is 0 Å². The van der Waals surface area contributed by atoms with Gasteiger partial charge in [0, 0.05) is 12.8 Å². The first kappa shape index (κ1) is 9.20. The van der Waals surface area contributed by atoms with E-state index in [0.717, 1.165) is 12.3 Å². The molecule has 1 heterocycles. The second-order valence-corrected chi connectivity index (χ2v) is 4.37. The molecule has 1 saturated carbocycles. The van der Waals surface area contributed by atoms with Crippen LogP contribution >= 0.6 is 0 Å². The van der Waals surface area contributed by atoms with Gasteiger partial charge in [0.25, 0.3) is 0 Å². The fraction of sp³-hybridized carbons (Fsp3) is 0.909. The van der Waals surface area contributed by atoms with Crippen molar-refractivity contribution in [2.45, 2.75) is 51.0 Å². The molecule has 0 N–H and O–H groups in total. The normalized spacial score (nSPS) is 31.1. The van der Waals surface area contributed by atoms with Gasteiger partial charge in [0.2, 0.25) is 0 Å². The number of rotatable bonds is 2. The zero-order chi connectivity index (χ0) is 9.10. The minimum atomic E-state index is 0.254. The van der Waals surface area contributed by atoms with E-state index < -0.39 is 0 Å². The van der Waals surface area contributed by atoms with Gasteiger partial charge >= 0.3 is 0 Å². The van der Waals surface area contributed by atoms with Gasteiger partial charge in [-0.3, -0.25) is 4.79 Å². The maximum absolute atomic E-state index is 11.2. The van der Waals surface area contributed by atoms with Crippen molar-refractivity contribution >= 4 is 5.78 Å². The van der Waals surface area contributed by atoms with E-state index in [-0.39, 0.29) is 6.10 Å². The molecule has 0 bridgehead atoms. The van der Waals surface area contributed by atoms with Gasteiger partial charge in [0.05, 0.1) is 12.7 Å². The van der Waals surface area contributed by atoms with Crippen LogP contribution in [0.1, 0.15) is 44.9 Å². The van der Waals surface area contributed by atoms with E-state index in [1.807, 2.05) is 0 Å². The number of carbonyl (C=O) groups excluding carboxylic acids is 1. The van der Waals surface area contributed by atoms with Crippen molar-refractivity contribution < 1.29 is 9.53 Å². The second kappa shape index (κ2) is 4.23. The Morgan fingerprint density at radius 1 is 1.31 bits per heavy atom. The maximum atomic E-state index is 11.2. The lowest BCUT2D eigenvalue weighted by molar-refractivity contribution is -0.129. The standard InChI is InChI=1S/C11H18O2/c12-10-5-6-13-11(8-10)7-9-3-1-2-4-9/h9,11H,1-8H2. The van der Waals surface area contributed by atoms with Gasteiger partial charge < -0.3 is 4.74 Å². The Morgan fingerprint density at radius 3 is 2.77 bits per heavy atom. The first-order chi connectivity index (χ1) is 6.34. The summed E-state index contributed by atoms with van der Waals surface area (Å²) < 4.78 is 5.59. The van der Waals surface area contributed by atoms with Crippen molar-refractivity contribution in [1.82, 2.24) is 0 Å². The topological polar surface area (TPSA) is 26.3 Å². The molecule has 2 fully saturated rings. The van der Waals surface area contributed by atoms with E-state index in [2.05, 4.69) is 0 Å². The Labute approximate surface area is 79.7 Å². The smallest absolute Gasteiger partial charge is 0.137 e. The first-order valence-electron chi connectivity index (χ1n) is 5.48. The number of carbonyl (C=O) groups is 1. The molecule has 2 heteroatoms. The van der Waals surface area contributed by atoms with Crippen LogP contribution in [0.3, 0.4) is 0 Å². The molecule has 1 aliphatic heterocycles. The van der Waals surface area contributed by atoms with E-state index in [9.17, 15) is 4.79 Å². The zero-order valence-electron chi connectivity index (χ0n) is 8.13. The fourth-order valence-electron chi connectivity index (χ4n) is 2.52. The summed E-state index contributed by atoms with van der Waals surface area (Å²) in [7, 11) is 0. The van der Waals surface area contributed by atoms with Gasteiger partial charge in [0.1, 0.15) is 5.78 Å². The summed E-state index contributed by atoms with van der Waals surface area (Å²) in [5.41, 5.74) is 0. The Bertz CT molecular complexity index is 183. The fourth-order valence-corrected chi connectivity index (χ4v) is 2.52. The molecule has 0 amide bonds. The van der Waals surface area contributed by atoms with Crippen molar-refractivity contribution in [3.05, 3.63) is 0 Å². The molecule has 1 saturated heterocycles. The van der Waals surface area contributed by atoms with Gasteiger partial charge in [-0.2, -0.15) is 0 Å². The van der Waals surface area contributed by atoms with E-state index >= 15 is 0 Å². The van der Waals surface area contributed by atoms with E-state index in [1.54, 1.807) is 0 Å². The van der Waals surface area contributed by atoms with Crippen LogP contribution in [0.5, 0.6) is 0 Å². The molecule has 2 rings (SSSR count). The quantitative estimate of drug-likeness (QED) is 0.655. The zero-order valence-corrected chi connectivity index (χ0v) is 8.13. The summed E-state index contributed by atoms with van der Waals surface area (Å²) in [4.78, 5) is 11.2. The number of hydrogen-bond acceptors (Lipinski definition) is 2.